The lowest BCUT2D eigenvalue weighted by atomic mass is 9.87. The molecule has 0 aliphatic rings. The molecule has 0 aromatic carbocycles. The number of thioether (sulfide) groups is 1. The maximum absolute atomic E-state index is 12.2. The van der Waals surface area contributed by atoms with Gasteiger partial charge < -0.3 is 20.6 Å². The van der Waals surface area contributed by atoms with Crippen LogP contribution in [0, 0.1) is 10.8 Å². The number of carbonyl (C=O) groups is 2. The molecule has 0 saturated carbocycles. The highest BCUT2D eigenvalue weighted by molar-refractivity contribution is 7.99. The van der Waals surface area contributed by atoms with Gasteiger partial charge >= 0.3 is 7.82 Å². The van der Waals surface area contributed by atoms with E-state index in [1.54, 1.807) is 32.5 Å². The number of hydrogen-bond donors (Lipinski definition) is 4. The molecule has 2 amide bonds. The second kappa shape index (κ2) is 14.0. The van der Waals surface area contributed by atoms with E-state index in [1.165, 1.54) is 20.3 Å². The third kappa shape index (κ3) is 17.4. The summed E-state index contributed by atoms with van der Waals surface area (Å²) in [6.45, 7) is 14.8. The highest BCUT2D eigenvalue weighted by Crippen LogP contribution is 2.48. The van der Waals surface area contributed by atoms with Gasteiger partial charge in [0.2, 0.25) is 11.8 Å². The summed E-state index contributed by atoms with van der Waals surface area (Å²) in [6, 6.07) is 0. The van der Waals surface area contributed by atoms with Gasteiger partial charge in [0.15, 0.2) is 0 Å². The quantitative estimate of drug-likeness (QED) is 0.194. The standard InChI is InChI=1S/C22H45N2O7PS/c1-20(2,3)11-9-14-33-15-13-23-17(25)10-12-24-19(27)18(26)22(7,8)16-30-32(28,29)31-21(4,5)6/h18,26H,9-16H2,1-8H3,(H,23,25)(H,24,27)(H,28,29). The second-order valence-electron chi connectivity index (χ2n) is 11.0. The number of nitrogens with one attached hydrogen (secondary N) is 2. The predicted octanol–water partition coefficient (Wildman–Crippen LogP) is 3.49. The van der Waals surface area contributed by atoms with Crippen molar-refractivity contribution in [1.29, 1.82) is 0 Å². The Morgan fingerprint density at radius 1 is 1.00 bits per heavy atom. The number of carbonyl (C=O) groups excluding carboxylic acids is 2. The van der Waals surface area contributed by atoms with Gasteiger partial charge in [-0.3, -0.25) is 18.6 Å². The molecule has 4 N–H and O–H groups in total. The second-order valence-corrected chi connectivity index (χ2v) is 13.6. The summed E-state index contributed by atoms with van der Waals surface area (Å²) < 4.78 is 21.9. The van der Waals surface area contributed by atoms with Crippen molar-refractivity contribution in [1.82, 2.24) is 10.6 Å². The molecule has 2 atom stereocenters. The first kappa shape index (κ1) is 32.4. The summed E-state index contributed by atoms with van der Waals surface area (Å²) in [7, 11) is -4.34. The highest BCUT2D eigenvalue weighted by Gasteiger charge is 2.38. The van der Waals surface area contributed by atoms with E-state index >= 15 is 0 Å². The Balaban J connectivity index is 4.17. The first-order chi connectivity index (χ1) is 14.8. The molecule has 0 aliphatic heterocycles. The lowest BCUT2D eigenvalue weighted by Crippen LogP contribution is -2.46. The molecule has 0 spiro atoms. The van der Waals surface area contributed by atoms with Crippen LogP contribution in [0.4, 0.5) is 0 Å². The smallest absolute Gasteiger partial charge is 0.383 e. The molecule has 9 nitrogen and oxygen atoms in total. The van der Waals surface area contributed by atoms with Gasteiger partial charge in [-0.25, -0.2) is 4.57 Å². The summed E-state index contributed by atoms with van der Waals surface area (Å²) in [5.41, 5.74) is -1.71. The van der Waals surface area contributed by atoms with Crippen LogP contribution in [0.5, 0.6) is 0 Å². The minimum Gasteiger partial charge on any atom is -0.383 e. The topological polar surface area (TPSA) is 134 Å². The lowest BCUT2D eigenvalue weighted by Gasteiger charge is -2.31. The van der Waals surface area contributed by atoms with Crippen molar-refractivity contribution >= 4 is 31.4 Å². The lowest BCUT2D eigenvalue weighted by molar-refractivity contribution is -0.137. The van der Waals surface area contributed by atoms with E-state index in [0.29, 0.717) is 12.0 Å². The average Bonchev–Trinajstić information content (AvgIpc) is 2.62. The van der Waals surface area contributed by atoms with Crippen LogP contribution in [0.25, 0.3) is 0 Å². The zero-order chi connectivity index (χ0) is 25.9. The summed E-state index contributed by atoms with van der Waals surface area (Å²) in [6.07, 6.45) is 0.914. The number of rotatable bonds is 15. The van der Waals surface area contributed by atoms with Crippen molar-refractivity contribution < 1.29 is 33.2 Å². The average molecular weight is 513 g/mol. The highest BCUT2D eigenvalue weighted by atomic mass is 32.2. The molecule has 0 aromatic rings. The van der Waals surface area contributed by atoms with Crippen LogP contribution < -0.4 is 10.6 Å². The monoisotopic (exact) mass is 512 g/mol. The normalized spacial score (nSPS) is 15.6. The van der Waals surface area contributed by atoms with Crippen molar-refractivity contribution in [2.24, 2.45) is 10.8 Å². The van der Waals surface area contributed by atoms with E-state index in [2.05, 4.69) is 31.4 Å². The molecule has 0 aliphatic carbocycles. The summed E-state index contributed by atoms with van der Waals surface area (Å²) in [5.74, 6) is 1.04. The Morgan fingerprint density at radius 2 is 1.61 bits per heavy atom. The number of phosphoric acid groups is 1. The van der Waals surface area contributed by atoms with E-state index < -0.39 is 30.8 Å². The zero-order valence-corrected chi connectivity index (χ0v) is 23.2. The van der Waals surface area contributed by atoms with Gasteiger partial charge in [0.1, 0.15) is 6.10 Å². The molecule has 0 radical (unpaired) electrons. The Morgan fingerprint density at radius 3 is 2.15 bits per heavy atom. The van der Waals surface area contributed by atoms with Crippen molar-refractivity contribution in [3.63, 3.8) is 0 Å². The molecule has 0 aromatic heterocycles. The summed E-state index contributed by atoms with van der Waals surface area (Å²) >= 11 is 1.80. The maximum atomic E-state index is 12.2. The fourth-order valence-electron chi connectivity index (χ4n) is 2.61. The number of amides is 2. The van der Waals surface area contributed by atoms with Crippen LogP contribution in [0.15, 0.2) is 0 Å². The van der Waals surface area contributed by atoms with Crippen molar-refractivity contribution in [2.75, 3.05) is 31.2 Å². The third-order valence-electron chi connectivity index (χ3n) is 4.41. The van der Waals surface area contributed by atoms with Crippen LogP contribution in [0.3, 0.4) is 0 Å². The molecular formula is C22H45N2O7PS. The maximum Gasteiger partial charge on any atom is 0.472 e. The first-order valence-corrected chi connectivity index (χ1v) is 14.0. The largest absolute Gasteiger partial charge is 0.472 e. The Hall–Kier alpha value is -0.640. The molecular weight excluding hydrogens is 467 g/mol. The Bertz CT molecular complexity index is 660. The molecule has 0 saturated heterocycles. The minimum absolute atomic E-state index is 0.0724. The number of aliphatic hydroxyl groups excluding tert-OH is 1. The molecule has 11 heteroatoms. The van der Waals surface area contributed by atoms with Crippen LogP contribution in [-0.2, 0) is 23.2 Å². The molecule has 0 heterocycles. The van der Waals surface area contributed by atoms with Gasteiger partial charge in [-0.05, 0) is 44.8 Å². The third-order valence-corrected chi connectivity index (χ3v) is 6.72. The fraction of sp³-hybridized carbons (Fsp3) is 0.909. The van der Waals surface area contributed by atoms with Gasteiger partial charge in [0.05, 0.1) is 12.2 Å². The fourth-order valence-corrected chi connectivity index (χ4v) is 4.65. The van der Waals surface area contributed by atoms with E-state index in [1.807, 2.05) is 0 Å². The molecule has 0 rings (SSSR count). The summed E-state index contributed by atoms with van der Waals surface area (Å²) in [4.78, 5) is 33.9. The Kier molecular flexibility index (Phi) is 13.8. The minimum atomic E-state index is -4.34. The molecule has 33 heavy (non-hydrogen) atoms. The van der Waals surface area contributed by atoms with Gasteiger partial charge in [-0.2, -0.15) is 11.8 Å². The van der Waals surface area contributed by atoms with Crippen LogP contribution in [0.1, 0.15) is 74.7 Å². The van der Waals surface area contributed by atoms with Crippen molar-refractivity contribution in [3.8, 4) is 0 Å². The van der Waals surface area contributed by atoms with Gasteiger partial charge in [-0.15, -0.1) is 0 Å². The molecule has 0 fully saturated rings. The number of aliphatic hydroxyl groups is 1. The van der Waals surface area contributed by atoms with Crippen LogP contribution >= 0.6 is 19.6 Å². The van der Waals surface area contributed by atoms with Crippen LogP contribution in [0.2, 0.25) is 0 Å². The Labute approximate surface area is 203 Å². The number of hydrogen-bond acceptors (Lipinski definition) is 7. The van der Waals surface area contributed by atoms with E-state index in [-0.39, 0.29) is 25.5 Å². The van der Waals surface area contributed by atoms with Crippen molar-refractivity contribution in [2.45, 2.75) is 86.4 Å². The van der Waals surface area contributed by atoms with E-state index in [0.717, 1.165) is 17.9 Å². The van der Waals surface area contributed by atoms with Gasteiger partial charge in [0, 0.05) is 30.7 Å². The molecule has 196 valence electrons. The zero-order valence-electron chi connectivity index (χ0n) is 21.5. The SMILES string of the molecule is CC(C)(C)CCCSCCNC(=O)CCNC(=O)C(O)C(C)(C)COP(=O)(O)OC(C)(C)C. The summed E-state index contributed by atoms with van der Waals surface area (Å²) in [5, 5.41) is 15.7. The van der Waals surface area contributed by atoms with Gasteiger partial charge in [-0.1, -0.05) is 34.6 Å². The predicted molar refractivity (Wildman–Crippen MR) is 133 cm³/mol. The van der Waals surface area contributed by atoms with Gasteiger partial charge in [0.25, 0.3) is 0 Å². The first-order valence-electron chi connectivity index (χ1n) is 11.3. The molecule has 2 unspecified atom stereocenters. The number of phosphoric ester groups is 1. The van der Waals surface area contributed by atoms with Crippen LogP contribution in [-0.4, -0.2) is 64.7 Å². The van der Waals surface area contributed by atoms with E-state index in [4.69, 9.17) is 9.05 Å². The van der Waals surface area contributed by atoms with Crippen molar-refractivity contribution in [3.05, 3.63) is 0 Å². The van der Waals surface area contributed by atoms with E-state index in [9.17, 15) is 24.2 Å². The molecule has 0 bridgehead atoms.